The van der Waals surface area contributed by atoms with Crippen molar-refractivity contribution in [2.75, 3.05) is 0 Å². The number of aromatic nitrogens is 3. The van der Waals surface area contributed by atoms with Crippen LogP contribution in [0.4, 0.5) is 0 Å². The van der Waals surface area contributed by atoms with Gasteiger partial charge in [-0.1, -0.05) is 6.07 Å². The third kappa shape index (κ3) is 4.49. The van der Waals surface area contributed by atoms with Gasteiger partial charge in [-0.05, 0) is 0 Å². The summed E-state index contributed by atoms with van der Waals surface area (Å²) in [7, 11) is 0. The number of rotatable bonds is 5. The van der Waals surface area contributed by atoms with Gasteiger partial charge in [0.05, 0.1) is 0 Å². The van der Waals surface area contributed by atoms with Gasteiger partial charge < -0.3 is 0 Å². The van der Waals surface area contributed by atoms with Gasteiger partial charge >= 0.3 is 251 Å². The molecule has 2 heterocycles. The second-order valence-electron chi connectivity index (χ2n) is 10.5. The number of hydrogen-bond acceptors (Lipinski definition) is 3. The molecule has 0 amide bonds. The van der Waals surface area contributed by atoms with E-state index in [4.69, 9.17) is 5.10 Å². The van der Waals surface area contributed by atoms with E-state index in [0.29, 0.717) is 0 Å². The molecule has 8 aromatic rings. The Labute approximate surface area is 255 Å². The maximum absolute atomic E-state index is 4.75. The predicted octanol–water partition coefficient (Wildman–Crippen LogP) is 9.57. The van der Waals surface area contributed by atoms with E-state index in [-0.39, 0.29) is 14.5 Å². The van der Waals surface area contributed by atoms with Crippen LogP contribution in [0.1, 0.15) is 0 Å². The molecule has 2 aromatic heterocycles. The Morgan fingerprint density at radius 1 is 0.372 bits per heavy atom. The standard InChI is InChI=1S/C39H25N3Se/c1-4-14-26(15-5-1)35-30(24-25-34-37(35)32-22-12-13-23-33(32)43-34)29-20-10-11-21-31(29)39-36(27-16-6-2-7-17-27)38(40-42-41-39)28-18-8-3-9-19-28/h1-25H. The molecule has 43 heavy (non-hydrogen) atoms. The first-order valence-electron chi connectivity index (χ1n) is 14.3. The predicted molar refractivity (Wildman–Crippen MR) is 179 cm³/mol. The normalized spacial score (nSPS) is 11.3. The van der Waals surface area contributed by atoms with Gasteiger partial charge in [0.1, 0.15) is 0 Å². The SMILES string of the molecule is c1ccc(-c2nnnc(-c3ccccc3-c3ccc4[se]c5ccccc5c4c3-c3ccccc3)c2-c2ccccc2)cc1. The molecule has 0 radical (unpaired) electrons. The van der Waals surface area contributed by atoms with Crippen LogP contribution in [0.15, 0.2) is 152 Å². The number of benzene rings is 6. The Hall–Kier alpha value is -5.15. The van der Waals surface area contributed by atoms with E-state index < -0.39 is 0 Å². The summed E-state index contributed by atoms with van der Waals surface area (Å²) >= 11 is 0.273. The quantitative estimate of drug-likeness (QED) is 0.181. The summed E-state index contributed by atoms with van der Waals surface area (Å²) in [5.41, 5.74) is 10.5. The number of fused-ring (bicyclic) bond motifs is 3. The second kappa shape index (κ2) is 10.9. The Kier molecular flexibility index (Phi) is 6.49. The summed E-state index contributed by atoms with van der Waals surface area (Å²) in [5.74, 6) is 0. The molecule has 0 aliphatic heterocycles. The fraction of sp³-hybridized carbons (Fsp3) is 0. The first-order chi connectivity index (χ1) is 21.4. The molecule has 0 N–H and O–H groups in total. The summed E-state index contributed by atoms with van der Waals surface area (Å²) in [6.07, 6.45) is 0. The molecule has 0 aliphatic carbocycles. The molecule has 0 atom stereocenters. The zero-order chi connectivity index (χ0) is 28.6. The maximum atomic E-state index is 4.75. The number of hydrogen-bond donors (Lipinski definition) is 0. The van der Waals surface area contributed by atoms with Crippen molar-refractivity contribution in [2.45, 2.75) is 0 Å². The zero-order valence-corrected chi connectivity index (χ0v) is 24.9. The van der Waals surface area contributed by atoms with Crippen LogP contribution in [0.5, 0.6) is 0 Å². The molecule has 8 rings (SSSR count). The average Bonchev–Trinajstić information content (AvgIpc) is 3.47. The van der Waals surface area contributed by atoms with E-state index in [0.717, 1.165) is 39.2 Å². The van der Waals surface area contributed by atoms with Gasteiger partial charge in [-0.15, -0.1) is 0 Å². The Balaban J connectivity index is 1.45. The Morgan fingerprint density at radius 3 is 1.65 bits per heavy atom. The van der Waals surface area contributed by atoms with Gasteiger partial charge in [-0.3, -0.25) is 0 Å². The van der Waals surface area contributed by atoms with Crippen molar-refractivity contribution in [1.29, 1.82) is 0 Å². The molecule has 0 saturated heterocycles. The molecule has 202 valence electrons. The molecule has 0 aliphatic rings. The fourth-order valence-corrected chi connectivity index (χ4v) is 8.40. The van der Waals surface area contributed by atoms with Crippen LogP contribution in [0.25, 0.3) is 75.2 Å². The summed E-state index contributed by atoms with van der Waals surface area (Å²) in [6.45, 7) is 0. The van der Waals surface area contributed by atoms with Crippen LogP contribution in [0, 0.1) is 0 Å². The summed E-state index contributed by atoms with van der Waals surface area (Å²) < 4.78 is 2.86. The Bertz CT molecular complexity index is 2220. The van der Waals surface area contributed by atoms with E-state index >= 15 is 0 Å². The van der Waals surface area contributed by atoms with Gasteiger partial charge in [0, 0.05) is 0 Å². The monoisotopic (exact) mass is 615 g/mol. The van der Waals surface area contributed by atoms with Crippen molar-refractivity contribution < 1.29 is 0 Å². The van der Waals surface area contributed by atoms with Crippen LogP contribution in [0.2, 0.25) is 0 Å². The fourth-order valence-electron chi connectivity index (χ4n) is 6.06. The van der Waals surface area contributed by atoms with Crippen molar-refractivity contribution in [1.82, 2.24) is 15.4 Å². The summed E-state index contributed by atoms with van der Waals surface area (Å²) in [5, 5.41) is 16.4. The van der Waals surface area contributed by atoms with E-state index in [1.54, 1.807) is 0 Å². The molecule has 0 unspecified atom stereocenters. The van der Waals surface area contributed by atoms with Crippen molar-refractivity contribution in [2.24, 2.45) is 0 Å². The molecular weight excluding hydrogens is 589 g/mol. The Morgan fingerprint density at radius 2 is 0.930 bits per heavy atom. The molecule has 0 spiro atoms. The van der Waals surface area contributed by atoms with Gasteiger partial charge in [0.15, 0.2) is 0 Å². The summed E-state index contributed by atoms with van der Waals surface area (Å²) in [6, 6.07) is 53.6. The first-order valence-corrected chi connectivity index (χ1v) is 16.0. The molecular formula is C39H25N3Se. The molecule has 0 bridgehead atoms. The summed E-state index contributed by atoms with van der Waals surface area (Å²) in [4.78, 5) is 0. The van der Waals surface area contributed by atoms with Crippen LogP contribution in [-0.4, -0.2) is 29.9 Å². The molecule has 3 nitrogen and oxygen atoms in total. The van der Waals surface area contributed by atoms with Gasteiger partial charge in [0.2, 0.25) is 0 Å². The minimum absolute atomic E-state index is 0.273. The van der Waals surface area contributed by atoms with Gasteiger partial charge in [-0.2, -0.15) is 0 Å². The molecule has 6 aromatic carbocycles. The third-order valence-electron chi connectivity index (χ3n) is 7.95. The minimum atomic E-state index is 0.273. The van der Waals surface area contributed by atoms with Gasteiger partial charge in [0.25, 0.3) is 0 Å². The zero-order valence-electron chi connectivity index (χ0n) is 23.2. The van der Waals surface area contributed by atoms with Gasteiger partial charge in [-0.25, -0.2) is 0 Å². The molecule has 0 fully saturated rings. The van der Waals surface area contributed by atoms with Crippen LogP contribution in [0.3, 0.4) is 0 Å². The van der Waals surface area contributed by atoms with E-state index in [2.05, 4.69) is 138 Å². The topological polar surface area (TPSA) is 38.7 Å². The van der Waals surface area contributed by atoms with Crippen LogP contribution >= 0.6 is 0 Å². The van der Waals surface area contributed by atoms with E-state index in [1.165, 1.54) is 36.0 Å². The van der Waals surface area contributed by atoms with Crippen molar-refractivity contribution in [3.8, 4) is 55.9 Å². The molecule has 0 saturated carbocycles. The van der Waals surface area contributed by atoms with E-state index in [9.17, 15) is 0 Å². The van der Waals surface area contributed by atoms with Crippen LogP contribution < -0.4 is 0 Å². The average molecular weight is 615 g/mol. The van der Waals surface area contributed by atoms with Crippen molar-refractivity contribution >= 4 is 33.8 Å². The second-order valence-corrected chi connectivity index (χ2v) is 12.7. The van der Waals surface area contributed by atoms with Crippen molar-refractivity contribution in [3.63, 3.8) is 0 Å². The molecule has 4 heteroatoms. The third-order valence-corrected chi connectivity index (χ3v) is 10.3. The van der Waals surface area contributed by atoms with Crippen molar-refractivity contribution in [3.05, 3.63) is 152 Å². The number of nitrogens with zero attached hydrogens (tertiary/aromatic N) is 3. The van der Waals surface area contributed by atoms with Crippen LogP contribution in [-0.2, 0) is 0 Å². The first kappa shape index (κ1) is 25.6. The van der Waals surface area contributed by atoms with E-state index in [1.807, 2.05) is 24.3 Å².